The second kappa shape index (κ2) is 8.13. The van der Waals surface area contributed by atoms with Gasteiger partial charge in [0.2, 0.25) is 5.91 Å². The molecule has 1 N–H and O–H groups in total. The lowest BCUT2D eigenvalue weighted by Gasteiger charge is -2.33. The summed E-state index contributed by atoms with van der Waals surface area (Å²) in [5, 5.41) is 0.688. The third-order valence-corrected chi connectivity index (χ3v) is 5.76. The van der Waals surface area contributed by atoms with Crippen LogP contribution in [0.3, 0.4) is 0 Å². The highest BCUT2D eigenvalue weighted by molar-refractivity contribution is 5.91. The number of fused-ring (bicyclic) bond motifs is 1. The van der Waals surface area contributed by atoms with Gasteiger partial charge in [-0.1, -0.05) is 30.3 Å². The number of hydrogen-bond donors (Lipinski definition) is 1. The van der Waals surface area contributed by atoms with E-state index >= 15 is 0 Å². The standard InChI is InChI=1S/C23H22F4N2O/c24-17-8-10-20-19(13-17)18(22(28-20)15-5-2-1-3-6-15)9-11-21(30)29-12-4-7-16(14-29)23(25,26)27/h1-3,5-6,8,10,13,16,28H,4,7,9,11-12,14H2. The van der Waals surface area contributed by atoms with Crippen LogP contribution in [0.2, 0.25) is 0 Å². The van der Waals surface area contributed by atoms with Gasteiger partial charge >= 0.3 is 6.18 Å². The number of carbonyl (C=O) groups excluding carboxylic acids is 1. The number of aryl methyl sites for hydroxylation is 1. The molecule has 4 rings (SSSR count). The van der Waals surface area contributed by atoms with E-state index in [1.54, 1.807) is 6.07 Å². The quantitative estimate of drug-likeness (QED) is 0.542. The van der Waals surface area contributed by atoms with E-state index in [1.807, 2.05) is 30.3 Å². The minimum absolute atomic E-state index is 0.0627. The van der Waals surface area contributed by atoms with Crippen LogP contribution in [0.4, 0.5) is 17.6 Å². The molecule has 3 nitrogen and oxygen atoms in total. The van der Waals surface area contributed by atoms with Crippen LogP contribution >= 0.6 is 0 Å². The molecule has 0 radical (unpaired) electrons. The Hall–Kier alpha value is -2.83. The van der Waals surface area contributed by atoms with Crippen molar-refractivity contribution in [2.45, 2.75) is 31.9 Å². The number of amides is 1. The van der Waals surface area contributed by atoms with E-state index < -0.39 is 12.1 Å². The number of H-pyrrole nitrogens is 1. The second-order valence-electron chi connectivity index (χ2n) is 7.76. The Balaban J connectivity index is 1.57. The molecule has 0 bridgehead atoms. The van der Waals surface area contributed by atoms with Crippen molar-refractivity contribution in [1.82, 2.24) is 9.88 Å². The summed E-state index contributed by atoms with van der Waals surface area (Å²) in [6.45, 7) is 0.0653. The minimum Gasteiger partial charge on any atom is -0.354 e. The Labute approximate surface area is 171 Å². The number of alkyl halides is 3. The zero-order valence-electron chi connectivity index (χ0n) is 16.3. The number of aromatic amines is 1. The number of carbonyl (C=O) groups is 1. The van der Waals surface area contributed by atoms with Gasteiger partial charge in [-0.2, -0.15) is 13.2 Å². The molecule has 2 heterocycles. The first-order valence-electron chi connectivity index (χ1n) is 10.0. The fourth-order valence-corrected chi connectivity index (χ4v) is 4.19. The van der Waals surface area contributed by atoms with E-state index in [0.717, 1.165) is 22.3 Å². The SMILES string of the molecule is O=C(CCc1c(-c2ccccc2)[nH]c2ccc(F)cc12)N1CCCC(C(F)(F)F)C1. The number of likely N-dealkylation sites (tertiary alicyclic amines) is 1. The van der Waals surface area contributed by atoms with Gasteiger partial charge in [-0.3, -0.25) is 4.79 Å². The van der Waals surface area contributed by atoms with Crippen LogP contribution < -0.4 is 0 Å². The Bertz CT molecular complexity index is 1040. The van der Waals surface area contributed by atoms with Crippen molar-refractivity contribution in [2.24, 2.45) is 5.92 Å². The highest BCUT2D eigenvalue weighted by Gasteiger charge is 2.42. The monoisotopic (exact) mass is 418 g/mol. The molecule has 1 amide bonds. The molecule has 30 heavy (non-hydrogen) atoms. The summed E-state index contributed by atoms with van der Waals surface area (Å²) in [7, 11) is 0. The smallest absolute Gasteiger partial charge is 0.354 e. The summed E-state index contributed by atoms with van der Waals surface area (Å²) in [6, 6.07) is 14.0. The summed E-state index contributed by atoms with van der Waals surface area (Å²) in [6.07, 6.45) is -3.47. The summed E-state index contributed by atoms with van der Waals surface area (Å²) in [5.74, 6) is -2.14. The fraction of sp³-hybridized carbons (Fsp3) is 0.348. The van der Waals surface area contributed by atoms with Crippen molar-refractivity contribution in [3.63, 3.8) is 0 Å². The number of rotatable bonds is 4. The molecule has 2 aromatic carbocycles. The van der Waals surface area contributed by atoms with Gasteiger partial charge in [0, 0.05) is 36.1 Å². The maximum atomic E-state index is 13.9. The largest absolute Gasteiger partial charge is 0.393 e. The van der Waals surface area contributed by atoms with Gasteiger partial charge in [0.1, 0.15) is 5.82 Å². The van der Waals surface area contributed by atoms with Crippen LogP contribution in [-0.4, -0.2) is 35.1 Å². The van der Waals surface area contributed by atoms with Gasteiger partial charge in [-0.05, 0) is 48.6 Å². The number of piperidine rings is 1. The Morgan fingerprint density at radius 1 is 1.13 bits per heavy atom. The third kappa shape index (κ3) is 4.20. The molecule has 0 saturated carbocycles. The van der Waals surface area contributed by atoms with E-state index in [0.29, 0.717) is 24.8 Å². The van der Waals surface area contributed by atoms with Gasteiger partial charge in [-0.25, -0.2) is 4.39 Å². The van der Waals surface area contributed by atoms with Gasteiger partial charge in [0.15, 0.2) is 0 Å². The molecule has 0 aliphatic carbocycles. The van der Waals surface area contributed by atoms with Crippen LogP contribution in [0.5, 0.6) is 0 Å². The zero-order valence-corrected chi connectivity index (χ0v) is 16.3. The van der Waals surface area contributed by atoms with Crippen LogP contribution in [0, 0.1) is 11.7 Å². The third-order valence-electron chi connectivity index (χ3n) is 5.76. The van der Waals surface area contributed by atoms with Gasteiger partial charge in [0.05, 0.1) is 5.92 Å². The molecule has 1 aromatic heterocycles. The van der Waals surface area contributed by atoms with Crippen molar-refractivity contribution in [3.05, 3.63) is 59.9 Å². The number of hydrogen-bond acceptors (Lipinski definition) is 1. The lowest BCUT2D eigenvalue weighted by Crippen LogP contribution is -2.44. The summed E-state index contributed by atoms with van der Waals surface area (Å²) in [4.78, 5) is 17.3. The van der Waals surface area contributed by atoms with Crippen molar-refractivity contribution >= 4 is 16.8 Å². The lowest BCUT2D eigenvalue weighted by atomic mass is 9.96. The molecule has 1 aliphatic heterocycles. The molecule has 1 aliphatic rings. The maximum absolute atomic E-state index is 13.9. The Morgan fingerprint density at radius 3 is 2.63 bits per heavy atom. The van der Waals surface area contributed by atoms with E-state index in [9.17, 15) is 22.4 Å². The molecule has 158 valence electrons. The average Bonchev–Trinajstić information content (AvgIpc) is 3.10. The predicted octanol–water partition coefficient (Wildman–Crippen LogP) is 5.71. The maximum Gasteiger partial charge on any atom is 0.393 e. The number of aromatic nitrogens is 1. The van der Waals surface area contributed by atoms with Gasteiger partial charge in [-0.15, -0.1) is 0 Å². The molecule has 1 unspecified atom stereocenters. The minimum atomic E-state index is -4.28. The normalized spacial score (nSPS) is 17.5. The Kier molecular flexibility index (Phi) is 5.54. The lowest BCUT2D eigenvalue weighted by molar-refractivity contribution is -0.188. The fourth-order valence-electron chi connectivity index (χ4n) is 4.19. The van der Waals surface area contributed by atoms with Crippen LogP contribution in [-0.2, 0) is 11.2 Å². The van der Waals surface area contributed by atoms with Gasteiger partial charge in [0.25, 0.3) is 0 Å². The predicted molar refractivity (Wildman–Crippen MR) is 107 cm³/mol. The second-order valence-corrected chi connectivity index (χ2v) is 7.76. The van der Waals surface area contributed by atoms with Crippen molar-refractivity contribution in [3.8, 4) is 11.3 Å². The average molecular weight is 418 g/mol. The zero-order chi connectivity index (χ0) is 21.3. The van der Waals surface area contributed by atoms with Crippen LogP contribution in [0.1, 0.15) is 24.8 Å². The first-order chi connectivity index (χ1) is 14.3. The number of benzene rings is 2. The summed E-state index contributed by atoms with van der Waals surface area (Å²) in [5.41, 5.74) is 3.27. The molecule has 3 aromatic rings. The Morgan fingerprint density at radius 2 is 1.90 bits per heavy atom. The molecular formula is C23H22F4N2O. The molecule has 1 fully saturated rings. The first-order valence-corrected chi connectivity index (χ1v) is 10.0. The summed E-state index contributed by atoms with van der Waals surface area (Å²) >= 11 is 0. The molecule has 0 spiro atoms. The van der Waals surface area contributed by atoms with E-state index in [4.69, 9.17) is 0 Å². The van der Waals surface area contributed by atoms with Gasteiger partial charge < -0.3 is 9.88 Å². The molecule has 1 saturated heterocycles. The molecule has 7 heteroatoms. The number of halogens is 4. The topological polar surface area (TPSA) is 36.1 Å². The molecular weight excluding hydrogens is 396 g/mol. The van der Waals surface area contributed by atoms with Crippen molar-refractivity contribution in [1.29, 1.82) is 0 Å². The van der Waals surface area contributed by atoms with Crippen molar-refractivity contribution < 1.29 is 22.4 Å². The van der Waals surface area contributed by atoms with Crippen molar-refractivity contribution in [2.75, 3.05) is 13.1 Å². The molecule has 1 atom stereocenters. The van der Waals surface area contributed by atoms with E-state index in [-0.39, 0.29) is 31.1 Å². The van der Waals surface area contributed by atoms with E-state index in [1.165, 1.54) is 17.0 Å². The number of nitrogens with zero attached hydrogens (tertiary/aromatic N) is 1. The first kappa shape index (κ1) is 20.4. The highest BCUT2D eigenvalue weighted by Crippen LogP contribution is 2.34. The van der Waals surface area contributed by atoms with Crippen LogP contribution in [0.15, 0.2) is 48.5 Å². The summed E-state index contributed by atoms with van der Waals surface area (Å²) < 4.78 is 53.1. The van der Waals surface area contributed by atoms with Crippen LogP contribution in [0.25, 0.3) is 22.2 Å². The van der Waals surface area contributed by atoms with E-state index in [2.05, 4.69) is 4.98 Å². The number of nitrogens with one attached hydrogen (secondary N) is 1. The highest BCUT2D eigenvalue weighted by atomic mass is 19.4.